The second-order valence-corrected chi connectivity index (χ2v) is 10.6. The van der Waals surface area contributed by atoms with E-state index >= 15 is 0 Å². The second kappa shape index (κ2) is 17.5. The van der Waals surface area contributed by atoms with Crippen LogP contribution in [0.15, 0.2) is 18.2 Å². The average molecular weight is 566 g/mol. The Hall–Kier alpha value is -3.14. The van der Waals surface area contributed by atoms with E-state index in [9.17, 15) is 24.3 Å². The topological polar surface area (TPSA) is 151 Å². The largest absolute Gasteiger partial charge is 0.508 e. The van der Waals surface area contributed by atoms with Gasteiger partial charge in [-0.3, -0.25) is 14.4 Å². The van der Waals surface area contributed by atoms with E-state index in [1.165, 1.54) is 12.1 Å². The molecule has 0 fully saturated rings. The van der Waals surface area contributed by atoms with Gasteiger partial charge in [-0.1, -0.05) is 66.9 Å². The average Bonchev–Trinajstić information content (AvgIpc) is 2.90. The van der Waals surface area contributed by atoms with Gasteiger partial charge in [0.15, 0.2) is 11.5 Å². The van der Waals surface area contributed by atoms with Crippen molar-refractivity contribution in [2.75, 3.05) is 6.61 Å². The maximum Gasteiger partial charge on any atom is 0.508 e. The predicted molar refractivity (Wildman–Crippen MR) is 150 cm³/mol. The molecule has 0 saturated heterocycles. The standard InChI is InChI=1S/C30H47NO9/c1-8-11-19(5)28(34)39-24-14-13-22(16-25(24)40-29(35)20(6)12-9-2)23(26(31)27(32)33)15-21(7)38-30(36)37-17-18(4)10-3/h13-14,16,18-21,23,26H,8-12,15,17,31H2,1-7H3,(H,32,33)/t18?,19?,20?,21?,23?,26-/m0/s1. The highest BCUT2D eigenvalue weighted by molar-refractivity contribution is 5.79. The van der Waals surface area contributed by atoms with Crippen LogP contribution in [0.2, 0.25) is 0 Å². The summed E-state index contributed by atoms with van der Waals surface area (Å²) in [4.78, 5) is 49.4. The summed E-state index contributed by atoms with van der Waals surface area (Å²) >= 11 is 0. The van der Waals surface area contributed by atoms with Crippen LogP contribution in [0.3, 0.4) is 0 Å². The highest BCUT2D eigenvalue weighted by Crippen LogP contribution is 2.35. The molecule has 6 atom stereocenters. The first-order valence-electron chi connectivity index (χ1n) is 14.2. The number of hydrogen-bond donors (Lipinski definition) is 2. The number of carboxylic acid groups (broad SMARTS) is 1. The predicted octanol–water partition coefficient (Wildman–Crippen LogP) is 5.84. The van der Waals surface area contributed by atoms with E-state index in [1.807, 2.05) is 27.7 Å². The fourth-order valence-electron chi connectivity index (χ4n) is 4.03. The molecular formula is C30H47NO9. The third-order valence-corrected chi connectivity index (χ3v) is 6.85. The molecule has 10 nitrogen and oxygen atoms in total. The summed E-state index contributed by atoms with van der Waals surface area (Å²) in [5.74, 6) is -3.60. The Morgan fingerprint density at radius 1 is 0.875 bits per heavy atom. The quantitative estimate of drug-likeness (QED) is 0.174. The fraction of sp³-hybridized carbons (Fsp3) is 0.667. The Morgan fingerprint density at radius 3 is 1.93 bits per heavy atom. The number of nitrogens with two attached hydrogens (primary N) is 1. The summed E-state index contributed by atoms with van der Waals surface area (Å²) in [7, 11) is 0. The molecule has 0 spiro atoms. The lowest BCUT2D eigenvalue weighted by molar-refractivity contribution is -0.141. The van der Waals surface area contributed by atoms with E-state index < -0.39 is 48.0 Å². The van der Waals surface area contributed by atoms with Crippen LogP contribution in [0, 0.1) is 17.8 Å². The molecule has 40 heavy (non-hydrogen) atoms. The van der Waals surface area contributed by atoms with E-state index in [-0.39, 0.29) is 36.4 Å². The Kier molecular flexibility index (Phi) is 15.3. The Morgan fingerprint density at radius 2 is 1.43 bits per heavy atom. The molecule has 0 aliphatic heterocycles. The monoisotopic (exact) mass is 565 g/mol. The number of rotatable bonds is 17. The summed E-state index contributed by atoms with van der Waals surface area (Å²) in [6.07, 6.45) is 2.12. The first-order valence-corrected chi connectivity index (χ1v) is 14.2. The molecule has 0 heterocycles. The zero-order valence-electron chi connectivity index (χ0n) is 24.9. The number of benzene rings is 1. The van der Waals surface area contributed by atoms with Gasteiger partial charge >= 0.3 is 24.1 Å². The molecule has 10 heteroatoms. The molecule has 1 rings (SSSR count). The van der Waals surface area contributed by atoms with Crippen LogP contribution in [0.5, 0.6) is 11.5 Å². The van der Waals surface area contributed by atoms with Crippen molar-refractivity contribution in [2.45, 2.75) is 105 Å². The van der Waals surface area contributed by atoms with Crippen molar-refractivity contribution in [2.24, 2.45) is 23.5 Å². The molecule has 1 aromatic rings. The molecule has 0 aliphatic carbocycles. The minimum atomic E-state index is -1.36. The van der Waals surface area contributed by atoms with Crippen LogP contribution in [0.4, 0.5) is 4.79 Å². The van der Waals surface area contributed by atoms with Crippen molar-refractivity contribution in [1.29, 1.82) is 0 Å². The van der Waals surface area contributed by atoms with Crippen LogP contribution >= 0.6 is 0 Å². The van der Waals surface area contributed by atoms with Gasteiger partial charge in [-0.15, -0.1) is 0 Å². The lowest BCUT2D eigenvalue weighted by atomic mass is 9.87. The van der Waals surface area contributed by atoms with Gasteiger partial charge in [0.1, 0.15) is 12.1 Å². The van der Waals surface area contributed by atoms with Crippen LogP contribution < -0.4 is 15.2 Å². The molecule has 1 aromatic carbocycles. The van der Waals surface area contributed by atoms with E-state index in [2.05, 4.69) is 0 Å². The van der Waals surface area contributed by atoms with Gasteiger partial charge in [-0.2, -0.15) is 0 Å². The lowest BCUT2D eigenvalue weighted by Gasteiger charge is -2.25. The highest BCUT2D eigenvalue weighted by Gasteiger charge is 2.31. The number of esters is 2. The van der Waals surface area contributed by atoms with Crippen molar-refractivity contribution in [3.63, 3.8) is 0 Å². The van der Waals surface area contributed by atoms with Gasteiger partial charge in [0.25, 0.3) is 0 Å². The van der Waals surface area contributed by atoms with Crippen molar-refractivity contribution < 1.29 is 43.2 Å². The van der Waals surface area contributed by atoms with E-state index in [0.29, 0.717) is 18.4 Å². The maximum absolute atomic E-state index is 12.8. The van der Waals surface area contributed by atoms with E-state index in [4.69, 9.17) is 24.7 Å². The van der Waals surface area contributed by atoms with Crippen molar-refractivity contribution in [3.05, 3.63) is 23.8 Å². The Labute approximate surface area is 237 Å². The van der Waals surface area contributed by atoms with E-state index in [1.54, 1.807) is 26.8 Å². The van der Waals surface area contributed by atoms with Crippen molar-refractivity contribution in [3.8, 4) is 11.5 Å². The highest BCUT2D eigenvalue weighted by atomic mass is 16.7. The van der Waals surface area contributed by atoms with Crippen LogP contribution in [-0.4, -0.2) is 47.9 Å². The van der Waals surface area contributed by atoms with Gasteiger partial charge in [-0.25, -0.2) is 4.79 Å². The maximum atomic E-state index is 12.8. The van der Waals surface area contributed by atoms with Gasteiger partial charge in [0.2, 0.25) is 0 Å². The third-order valence-electron chi connectivity index (χ3n) is 6.85. The Balaban J connectivity index is 3.32. The summed E-state index contributed by atoms with van der Waals surface area (Å²) in [6.45, 7) is 13.2. The van der Waals surface area contributed by atoms with Crippen molar-refractivity contribution >= 4 is 24.1 Å². The molecule has 226 valence electrons. The smallest absolute Gasteiger partial charge is 0.480 e. The lowest BCUT2D eigenvalue weighted by Crippen LogP contribution is -2.38. The number of ether oxygens (including phenoxy) is 4. The molecule has 0 amide bonds. The van der Waals surface area contributed by atoms with Gasteiger partial charge in [-0.05, 0) is 49.8 Å². The van der Waals surface area contributed by atoms with Gasteiger partial charge in [0.05, 0.1) is 18.4 Å². The SMILES string of the molecule is CCCC(C)C(=O)Oc1ccc(C(CC(C)OC(=O)OCC(C)CC)[C@H](N)C(=O)O)cc1OC(=O)C(C)CCC. The molecule has 5 unspecified atom stereocenters. The normalized spacial score (nSPS) is 15.6. The van der Waals surface area contributed by atoms with Gasteiger partial charge < -0.3 is 29.8 Å². The molecule has 0 radical (unpaired) electrons. The molecule has 3 N–H and O–H groups in total. The number of carbonyl (C=O) groups excluding carboxylic acids is 3. The number of hydrogen-bond acceptors (Lipinski definition) is 9. The first-order chi connectivity index (χ1) is 18.8. The molecule has 0 bridgehead atoms. The zero-order valence-corrected chi connectivity index (χ0v) is 24.9. The van der Waals surface area contributed by atoms with Crippen molar-refractivity contribution in [1.82, 2.24) is 0 Å². The fourth-order valence-corrected chi connectivity index (χ4v) is 4.03. The summed E-state index contributed by atoms with van der Waals surface area (Å²) in [5.41, 5.74) is 6.48. The summed E-state index contributed by atoms with van der Waals surface area (Å²) in [6, 6.07) is 3.14. The zero-order chi connectivity index (χ0) is 30.4. The molecule has 0 saturated carbocycles. The summed E-state index contributed by atoms with van der Waals surface area (Å²) in [5, 5.41) is 9.70. The van der Waals surface area contributed by atoms with Crippen LogP contribution in [0.25, 0.3) is 0 Å². The van der Waals surface area contributed by atoms with Crippen LogP contribution in [-0.2, 0) is 23.9 Å². The number of carbonyl (C=O) groups is 4. The third kappa shape index (κ3) is 11.5. The molecule has 0 aliphatic rings. The number of aliphatic carboxylic acids is 1. The molecule has 0 aromatic heterocycles. The Bertz CT molecular complexity index is 980. The second-order valence-electron chi connectivity index (χ2n) is 10.6. The number of carboxylic acids is 1. The summed E-state index contributed by atoms with van der Waals surface area (Å²) < 4.78 is 21.7. The minimum absolute atomic E-state index is 0.00775. The minimum Gasteiger partial charge on any atom is -0.480 e. The first kappa shape index (κ1) is 34.9. The van der Waals surface area contributed by atoms with Gasteiger partial charge in [0, 0.05) is 5.92 Å². The van der Waals surface area contributed by atoms with Crippen LogP contribution in [0.1, 0.15) is 98.5 Å². The van der Waals surface area contributed by atoms with E-state index in [0.717, 1.165) is 19.3 Å². The molecular weight excluding hydrogens is 518 g/mol.